The first-order valence-electron chi connectivity index (χ1n) is 7.24. The zero-order chi connectivity index (χ0) is 14.7. The van der Waals surface area contributed by atoms with E-state index in [4.69, 9.17) is 0 Å². The van der Waals surface area contributed by atoms with Gasteiger partial charge in [-0.25, -0.2) is 0 Å². The average Bonchev–Trinajstić information content (AvgIpc) is 2.42. The number of benzene rings is 1. The van der Waals surface area contributed by atoms with Gasteiger partial charge in [-0.05, 0) is 49.6 Å². The number of nitrogens with one attached hydrogen (secondary N) is 1. The van der Waals surface area contributed by atoms with Gasteiger partial charge in [-0.3, -0.25) is 4.98 Å². The van der Waals surface area contributed by atoms with Crippen LogP contribution in [0.15, 0.2) is 36.4 Å². The quantitative estimate of drug-likeness (QED) is 0.901. The van der Waals surface area contributed by atoms with Crippen LogP contribution in [0.3, 0.4) is 0 Å². The minimum absolute atomic E-state index is 0.198. The molecule has 0 aliphatic rings. The molecule has 1 unspecified atom stereocenters. The topological polar surface area (TPSA) is 24.9 Å². The van der Waals surface area contributed by atoms with Crippen molar-refractivity contribution in [2.24, 2.45) is 0 Å². The molecule has 0 bridgehead atoms. The third-order valence-corrected chi connectivity index (χ3v) is 3.80. The Morgan fingerprint density at radius 1 is 0.900 bits per heavy atom. The summed E-state index contributed by atoms with van der Waals surface area (Å²) in [4.78, 5) is 4.57. The number of hydrogen-bond donors (Lipinski definition) is 1. The Labute approximate surface area is 122 Å². The van der Waals surface area contributed by atoms with Gasteiger partial charge < -0.3 is 5.32 Å². The van der Waals surface area contributed by atoms with Gasteiger partial charge in [-0.1, -0.05) is 44.2 Å². The Hall–Kier alpha value is -1.67. The summed E-state index contributed by atoms with van der Waals surface area (Å²) in [6.45, 7) is 8.55. The van der Waals surface area contributed by atoms with Crippen LogP contribution in [0.25, 0.3) is 0 Å². The van der Waals surface area contributed by atoms with E-state index in [9.17, 15) is 0 Å². The first kappa shape index (κ1) is 14.7. The maximum absolute atomic E-state index is 4.57. The molecule has 106 valence electrons. The molecule has 20 heavy (non-hydrogen) atoms. The van der Waals surface area contributed by atoms with Crippen LogP contribution < -0.4 is 5.32 Å². The van der Waals surface area contributed by atoms with Crippen LogP contribution >= 0.6 is 0 Å². The lowest BCUT2D eigenvalue weighted by Gasteiger charge is -2.20. The first-order chi connectivity index (χ1) is 9.52. The fourth-order valence-corrected chi connectivity index (χ4v) is 2.58. The number of pyridine rings is 1. The summed E-state index contributed by atoms with van der Waals surface area (Å²) in [7, 11) is 2.00. The summed E-state index contributed by atoms with van der Waals surface area (Å²) in [5, 5.41) is 3.40. The second-order valence-corrected chi connectivity index (χ2v) is 5.67. The molecule has 0 saturated heterocycles. The second-order valence-electron chi connectivity index (χ2n) is 5.67. The van der Waals surface area contributed by atoms with Crippen LogP contribution in [0.4, 0.5) is 0 Å². The monoisotopic (exact) mass is 268 g/mol. The molecule has 2 aromatic rings. The van der Waals surface area contributed by atoms with Crippen molar-refractivity contribution < 1.29 is 0 Å². The van der Waals surface area contributed by atoms with Crippen LogP contribution in [0.1, 0.15) is 53.9 Å². The molecule has 1 atom stereocenters. The Balaban J connectivity index is 2.36. The van der Waals surface area contributed by atoms with E-state index in [2.05, 4.69) is 67.5 Å². The molecule has 0 aliphatic heterocycles. The number of rotatable bonds is 4. The van der Waals surface area contributed by atoms with E-state index in [0.717, 1.165) is 11.4 Å². The summed E-state index contributed by atoms with van der Waals surface area (Å²) >= 11 is 0. The van der Waals surface area contributed by atoms with Crippen LogP contribution in [0.5, 0.6) is 0 Å². The predicted molar refractivity (Wildman–Crippen MR) is 85.1 cm³/mol. The van der Waals surface area contributed by atoms with Gasteiger partial charge in [0.05, 0.1) is 6.04 Å². The van der Waals surface area contributed by atoms with Crippen molar-refractivity contribution in [3.63, 3.8) is 0 Å². The molecule has 1 N–H and O–H groups in total. The minimum Gasteiger partial charge on any atom is -0.309 e. The molecule has 0 saturated carbocycles. The molecule has 2 rings (SSSR count). The Morgan fingerprint density at radius 3 is 2.00 bits per heavy atom. The highest BCUT2D eigenvalue weighted by atomic mass is 14.9. The highest BCUT2D eigenvalue weighted by Gasteiger charge is 2.15. The van der Waals surface area contributed by atoms with E-state index in [1.807, 2.05) is 14.0 Å². The van der Waals surface area contributed by atoms with E-state index >= 15 is 0 Å². The standard InChI is InChI=1S/C18H24N2/c1-12(2)15-7-9-16(10-8-15)18(19-5)17-11-6-13(3)20-14(17)4/h6-12,18-19H,1-5H3. The third kappa shape index (κ3) is 3.07. The van der Waals surface area contributed by atoms with Gasteiger partial charge in [0.15, 0.2) is 0 Å². The molecule has 2 nitrogen and oxygen atoms in total. The van der Waals surface area contributed by atoms with Crippen LogP contribution in [-0.4, -0.2) is 12.0 Å². The molecule has 1 aromatic heterocycles. The van der Waals surface area contributed by atoms with E-state index in [0.29, 0.717) is 5.92 Å². The first-order valence-corrected chi connectivity index (χ1v) is 7.24. The Kier molecular flexibility index (Phi) is 4.56. The minimum atomic E-state index is 0.198. The molecule has 2 heteroatoms. The van der Waals surface area contributed by atoms with Crippen LogP contribution in [0, 0.1) is 13.8 Å². The van der Waals surface area contributed by atoms with E-state index < -0.39 is 0 Å². The van der Waals surface area contributed by atoms with Crippen LogP contribution in [0.2, 0.25) is 0 Å². The lowest BCUT2D eigenvalue weighted by Crippen LogP contribution is -2.19. The second kappa shape index (κ2) is 6.19. The molecule has 0 aliphatic carbocycles. The lowest BCUT2D eigenvalue weighted by molar-refractivity contribution is 0.681. The Morgan fingerprint density at radius 2 is 1.50 bits per heavy atom. The summed E-state index contributed by atoms with van der Waals surface area (Å²) in [5.74, 6) is 0.569. The summed E-state index contributed by atoms with van der Waals surface area (Å²) in [5.41, 5.74) is 6.07. The molecular formula is C18H24N2. The lowest BCUT2D eigenvalue weighted by atomic mass is 9.94. The molecule has 1 heterocycles. The van der Waals surface area contributed by atoms with Crippen molar-refractivity contribution >= 4 is 0 Å². The average molecular weight is 268 g/mol. The Bertz CT molecular complexity index is 570. The smallest absolute Gasteiger partial charge is 0.0592 e. The van der Waals surface area contributed by atoms with Gasteiger partial charge in [0.1, 0.15) is 0 Å². The van der Waals surface area contributed by atoms with Gasteiger partial charge in [-0.2, -0.15) is 0 Å². The fourth-order valence-electron chi connectivity index (χ4n) is 2.58. The molecular weight excluding hydrogens is 244 g/mol. The van der Waals surface area contributed by atoms with Crippen molar-refractivity contribution in [2.45, 2.75) is 39.7 Å². The van der Waals surface area contributed by atoms with E-state index in [1.165, 1.54) is 16.7 Å². The number of aromatic nitrogens is 1. The SMILES string of the molecule is CNC(c1ccc(C(C)C)cc1)c1ccc(C)nc1C. The summed E-state index contributed by atoms with van der Waals surface area (Å²) < 4.78 is 0. The van der Waals surface area contributed by atoms with Crippen molar-refractivity contribution in [2.75, 3.05) is 7.05 Å². The van der Waals surface area contributed by atoms with Crippen LogP contribution in [-0.2, 0) is 0 Å². The maximum Gasteiger partial charge on any atom is 0.0592 e. The molecule has 1 aromatic carbocycles. The molecule has 0 spiro atoms. The predicted octanol–water partition coefficient (Wildman–Crippen LogP) is 4.13. The number of hydrogen-bond acceptors (Lipinski definition) is 2. The fraction of sp³-hybridized carbons (Fsp3) is 0.389. The van der Waals surface area contributed by atoms with Gasteiger partial charge >= 0.3 is 0 Å². The van der Waals surface area contributed by atoms with Gasteiger partial charge in [0, 0.05) is 11.4 Å². The summed E-state index contributed by atoms with van der Waals surface area (Å²) in [6, 6.07) is 13.3. The largest absolute Gasteiger partial charge is 0.309 e. The van der Waals surface area contributed by atoms with Gasteiger partial charge in [0.25, 0.3) is 0 Å². The van der Waals surface area contributed by atoms with E-state index in [-0.39, 0.29) is 6.04 Å². The summed E-state index contributed by atoms with van der Waals surface area (Å²) in [6.07, 6.45) is 0. The zero-order valence-corrected chi connectivity index (χ0v) is 13.1. The van der Waals surface area contributed by atoms with Crippen molar-refractivity contribution in [3.05, 3.63) is 64.5 Å². The van der Waals surface area contributed by atoms with E-state index in [1.54, 1.807) is 0 Å². The highest BCUT2D eigenvalue weighted by Crippen LogP contribution is 2.25. The maximum atomic E-state index is 4.57. The molecule has 0 radical (unpaired) electrons. The van der Waals surface area contributed by atoms with Gasteiger partial charge in [-0.15, -0.1) is 0 Å². The molecule has 0 fully saturated rings. The zero-order valence-electron chi connectivity index (χ0n) is 13.1. The van der Waals surface area contributed by atoms with Gasteiger partial charge in [0.2, 0.25) is 0 Å². The highest BCUT2D eigenvalue weighted by molar-refractivity contribution is 5.36. The van der Waals surface area contributed by atoms with Crippen molar-refractivity contribution in [3.8, 4) is 0 Å². The van der Waals surface area contributed by atoms with Crippen molar-refractivity contribution in [1.82, 2.24) is 10.3 Å². The normalized spacial score (nSPS) is 12.7. The number of nitrogens with zero attached hydrogens (tertiary/aromatic N) is 1. The number of aryl methyl sites for hydroxylation is 2. The third-order valence-electron chi connectivity index (χ3n) is 3.80. The molecule has 0 amide bonds. The van der Waals surface area contributed by atoms with Crippen molar-refractivity contribution in [1.29, 1.82) is 0 Å².